The van der Waals surface area contributed by atoms with Gasteiger partial charge in [0.15, 0.2) is 0 Å². The van der Waals surface area contributed by atoms with Gasteiger partial charge >= 0.3 is 12.1 Å². The van der Waals surface area contributed by atoms with Crippen LogP contribution in [0.2, 0.25) is 0 Å². The van der Waals surface area contributed by atoms with E-state index in [0.29, 0.717) is 6.42 Å². The number of carbonyl (C=O) groups excluding carboxylic acids is 2. The lowest BCUT2D eigenvalue weighted by atomic mass is 10.1. The Morgan fingerprint density at radius 2 is 1.86 bits per heavy atom. The van der Waals surface area contributed by atoms with Crippen LogP contribution in [0, 0.1) is 0 Å². The van der Waals surface area contributed by atoms with Gasteiger partial charge in [0.1, 0.15) is 6.04 Å². The van der Waals surface area contributed by atoms with Crippen molar-refractivity contribution in [3.8, 4) is 0 Å². The summed E-state index contributed by atoms with van der Waals surface area (Å²) in [4.78, 5) is 22.9. The van der Waals surface area contributed by atoms with Gasteiger partial charge < -0.3 is 14.2 Å². The molecule has 1 aromatic rings. The molecule has 0 amide bonds. The second kappa shape index (κ2) is 9.25. The molecule has 6 nitrogen and oxygen atoms in total. The maximum absolute atomic E-state index is 11.8. The molecule has 1 atom stereocenters. The standard InChI is InChI=1S/C14H19NO5S/c1-10(2)20-14(17)19-9-18-13(16)12(15-21)8-11-6-4-3-5-7-11/h3-7,10,12,15,21H,8-9H2,1-2H3/t12-/m0/s1. The first-order valence-corrected chi connectivity index (χ1v) is 6.91. The summed E-state index contributed by atoms with van der Waals surface area (Å²) in [7, 11) is 0. The highest BCUT2D eigenvalue weighted by atomic mass is 32.1. The van der Waals surface area contributed by atoms with Crippen LogP contribution >= 0.6 is 12.8 Å². The molecular formula is C14H19NO5S. The first-order chi connectivity index (χ1) is 10.0. The Morgan fingerprint density at radius 3 is 2.43 bits per heavy atom. The van der Waals surface area contributed by atoms with E-state index in [0.717, 1.165) is 5.56 Å². The Morgan fingerprint density at radius 1 is 1.19 bits per heavy atom. The molecule has 0 radical (unpaired) electrons. The molecule has 1 rings (SSSR count). The van der Waals surface area contributed by atoms with Crippen LogP contribution in [0.1, 0.15) is 19.4 Å². The third kappa shape index (κ3) is 7.01. The highest BCUT2D eigenvalue weighted by Crippen LogP contribution is 2.05. The summed E-state index contributed by atoms with van der Waals surface area (Å²) in [5.41, 5.74) is 0.959. The molecule has 0 fully saturated rings. The van der Waals surface area contributed by atoms with E-state index in [2.05, 4.69) is 22.3 Å². The fraction of sp³-hybridized carbons (Fsp3) is 0.429. The summed E-state index contributed by atoms with van der Waals surface area (Å²) in [6, 6.07) is 8.78. The third-order valence-electron chi connectivity index (χ3n) is 2.43. The van der Waals surface area contributed by atoms with E-state index >= 15 is 0 Å². The van der Waals surface area contributed by atoms with E-state index in [1.807, 2.05) is 30.3 Å². The molecule has 0 bridgehead atoms. The van der Waals surface area contributed by atoms with Gasteiger partial charge in [0.2, 0.25) is 6.79 Å². The number of hydrogen-bond donors (Lipinski definition) is 2. The SMILES string of the molecule is CC(C)OC(=O)OCOC(=O)[C@H](Cc1ccccc1)NS. The number of rotatable bonds is 7. The molecule has 0 saturated carbocycles. The van der Waals surface area contributed by atoms with Gasteiger partial charge in [0.05, 0.1) is 6.10 Å². The predicted molar refractivity (Wildman–Crippen MR) is 79.7 cm³/mol. The van der Waals surface area contributed by atoms with Crippen molar-refractivity contribution in [1.82, 2.24) is 4.72 Å². The van der Waals surface area contributed by atoms with Crippen molar-refractivity contribution in [3.63, 3.8) is 0 Å². The Labute approximate surface area is 129 Å². The lowest BCUT2D eigenvalue weighted by Crippen LogP contribution is -2.35. The number of nitrogens with one attached hydrogen (secondary N) is 1. The van der Waals surface area contributed by atoms with Gasteiger partial charge in [-0.2, -0.15) is 0 Å². The van der Waals surface area contributed by atoms with Crippen LogP contribution < -0.4 is 4.72 Å². The molecular weight excluding hydrogens is 294 g/mol. The summed E-state index contributed by atoms with van der Waals surface area (Å²) in [5.74, 6) is -0.564. The minimum atomic E-state index is -0.878. The van der Waals surface area contributed by atoms with Crippen LogP contribution in [0.4, 0.5) is 4.79 Å². The first kappa shape index (κ1) is 17.3. The predicted octanol–water partition coefficient (Wildman–Crippen LogP) is 2.09. The Balaban J connectivity index is 2.36. The maximum Gasteiger partial charge on any atom is 0.511 e. The third-order valence-corrected chi connectivity index (χ3v) is 2.74. The van der Waals surface area contributed by atoms with Crippen molar-refractivity contribution in [2.24, 2.45) is 0 Å². The fourth-order valence-corrected chi connectivity index (χ4v) is 1.69. The van der Waals surface area contributed by atoms with Crippen molar-refractivity contribution in [3.05, 3.63) is 35.9 Å². The topological polar surface area (TPSA) is 73.9 Å². The van der Waals surface area contributed by atoms with E-state index in [9.17, 15) is 9.59 Å². The number of benzene rings is 1. The molecule has 116 valence electrons. The molecule has 0 aromatic heterocycles. The monoisotopic (exact) mass is 313 g/mol. The van der Waals surface area contributed by atoms with E-state index < -0.39 is 25.0 Å². The lowest BCUT2D eigenvalue weighted by molar-refractivity contribution is -0.155. The van der Waals surface area contributed by atoms with Crippen LogP contribution in [0.3, 0.4) is 0 Å². The number of thiol groups is 1. The van der Waals surface area contributed by atoms with E-state index in [1.54, 1.807) is 13.8 Å². The molecule has 0 aliphatic heterocycles. The van der Waals surface area contributed by atoms with Gasteiger partial charge in [-0.3, -0.25) is 9.52 Å². The van der Waals surface area contributed by atoms with Crippen LogP contribution in [0.25, 0.3) is 0 Å². The van der Waals surface area contributed by atoms with Gasteiger partial charge in [0, 0.05) is 0 Å². The van der Waals surface area contributed by atoms with E-state index in [4.69, 9.17) is 9.47 Å². The molecule has 0 spiro atoms. The maximum atomic E-state index is 11.8. The van der Waals surface area contributed by atoms with Crippen molar-refractivity contribution in [1.29, 1.82) is 0 Å². The normalized spacial score (nSPS) is 11.8. The van der Waals surface area contributed by atoms with Crippen molar-refractivity contribution >= 4 is 24.9 Å². The number of hydrogen-bond acceptors (Lipinski definition) is 7. The molecule has 7 heteroatoms. The zero-order valence-corrected chi connectivity index (χ0v) is 12.8. The summed E-state index contributed by atoms with van der Waals surface area (Å²) in [6.45, 7) is 2.88. The van der Waals surface area contributed by atoms with Crippen molar-refractivity contribution in [2.75, 3.05) is 6.79 Å². The van der Waals surface area contributed by atoms with Crippen molar-refractivity contribution < 1.29 is 23.8 Å². The molecule has 0 unspecified atom stereocenters. The number of carbonyl (C=O) groups is 2. The summed E-state index contributed by atoms with van der Waals surface area (Å²) in [6.07, 6.45) is -0.756. The highest BCUT2D eigenvalue weighted by molar-refractivity contribution is 7.78. The minimum Gasteiger partial charge on any atom is -0.431 e. The average molecular weight is 313 g/mol. The highest BCUT2D eigenvalue weighted by Gasteiger charge is 2.19. The molecule has 21 heavy (non-hydrogen) atoms. The van der Waals surface area contributed by atoms with Crippen molar-refractivity contribution in [2.45, 2.75) is 32.4 Å². The first-order valence-electron chi connectivity index (χ1n) is 6.46. The summed E-state index contributed by atoms with van der Waals surface area (Å²) in [5, 5.41) is 0. The zero-order valence-electron chi connectivity index (χ0n) is 11.9. The van der Waals surface area contributed by atoms with Gasteiger partial charge in [-0.15, -0.1) is 0 Å². The molecule has 0 saturated heterocycles. The summed E-state index contributed by atoms with van der Waals surface area (Å²) >= 11 is 3.91. The number of ether oxygens (including phenoxy) is 3. The molecule has 1 N–H and O–H groups in total. The fourth-order valence-electron chi connectivity index (χ4n) is 1.49. The van der Waals surface area contributed by atoms with Crippen LogP contribution in [-0.2, 0) is 25.4 Å². The Kier molecular flexibility index (Phi) is 7.63. The lowest BCUT2D eigenvalue weighted by Gasteiger charge is -2.15. The zero-order chi connectivity index (χ0) is 15.7. The quantitative estimate of drug-likeness (QED) is 0.456. The van der Waals surface area contributed by atoms with E-state index in [-0.39, 0.29) is 6.10 Å². The Hall–Kier alpha value is -1.73. The smallest absolute Gasteiger partial charge is 0.431 e. The second-order valence-electron chi connectivity index (χ2n) is 4.51. The molecule has 1 aromatic carbocycles. The Bertz CT molecular complexity index is 452. The van der Waals surface area contributed by atoms with Gasteiger partial charge in [0.25, 0.3) is 0 Å². The molecule has 0 heterocycles. The van der Waals surface area contributed by atoms with E-state index in [1.165, 1.54) is 0 Å². The minimum absolute atomic E-state index is 0.293. The molecule has 0 aliphatic carbocycles. The van der Waals surface area contributed by atoms with Crippen LogP contribution in [0.15, 0.2) is 30.3 Å². The van der Waals surface area contributed by atoms with Crippen LogP contribution in [-0.4, -0.2) is 31.1 Å². The largest absolute Gasteiger partial charge is 0.511 e. The van der Waals surface area contributed by atoms with Gasteiger partial charge in [-0.05, 0) is 25.8 Å². The second-order valence-corrected chi connectivity index (χ2v) is 4.77. The van der Waals surface area contributed by atoms with Gasteiger partial charge in [-0.1, -0.05) is 43.1 Å². The summed E-state index contributed by atoms with van der Waals surface area (Å²) < 4.78 is 16.8. The van der Waals surface area contributed by atoms with Gasteiger partial charge in [-0.25, -0.2) is 4.79 Å². The average Bonchev–Trinajstić information content (AvgIpc) is 2.44. The number of esters is 1. The van der Waals surface area contributed by atoms with Crippen LogP contribution in [0.5, 0.6) is 0 Å². The molecule has 0 aliphatic rings.